The summed E-state index contributed by atoms with van der Waals surface area (Å²) >= 11 is 5.11. The van der Waals surface area contributed by atoms with E-state index in [2.05, 4.69) is 20.3 Å². The number of ether oxygens (including phenoxy) is 1. The van der Waals surface area contributed by atoms with Gasteiger partial charge in [-0.2, -0.15) is 13.9 Å². The third-order valence-corrected chi connectivity index (χ3v) is 3.59. The second kappa shape index (κ2) is 8.53. The second-order valence-corrected chi connectivity index (χ2v) is 5.43. The van der Waals surface area contributed by atoms with E-state index in [1.165, 1.54) is 6.07 Å². The first-order valence-corrected chi connectivity index (χ1v) is 7.85. The van der Waals surface area contributed by atoms with Crippen molar-refractivity contribution < 1.29 is 18.3 Å². The first kappa shape index (κ1) is 18.1. The van der Waals surface area contributed by atoms with Crippen LogP contribution in [0.4, 0.5) is 8.78 Å². The summed E-state index contributed by atoms with van der Waals surface area (Å²) in [5.41, 5.74) is 0.468. The molecule has 0 saturated heterocycles. The van der Waals surface area contributed by atoms with Gasteiger partial charge < -0.3 is 10.1 Å². The molecule has 2 aromatic rings. The van der Waals surface area contributed by atoms with Crippen LogP contribution in [0, 0.1) is 4.77 Å². The summed E-state index contributed by atoms with van der Waals surface area (Å²) in [6.07, 6.45) is 1.57. The molecule has 0 aliphatic carbocycles. The van der Waals surface area contributed by atoms with Crippen LogP contribution in [0.25, 0.3) is 0 Å². The maximum atomic E-state index is 12.4. The molecule has 0 aliphatic heterocycles. The molecular formula is C15H18F2N4O2S. The predicted octanol–water partition coefficient (Wildman–Crippen LogP) is 2.81. The van der Waals surface area contributed by atoms with Gasteiger partial charge >= 0.3 is 6.61 Å². The predicted molar refractivity (Wildman–Crippen MR) is 86.3 cm³/mol. The molecule has 0 radical (unpaired) electrons. The largest absolute Gasteiger partial charge is 0.434 e. The zero-order valence-corrected chi connectivity index (χ0v) is 13.9. The number of amides is 1. The maximum absolute atomic E-state index is 12.4. The monoisotopic (exact) mass is 356 g/mol. The number of carbonyl (C=O) groups excluding carboxylic acids is 1. The molecule has 0 aliphatic rings. The number of nitrogens with zero attached hydrogens (tertiary/aromatic N) is 2. The van der Waals surface area contributed by atoms with Crippen molar-refractivity contribution in [2.24, 2.45) is 0 Å². The number of para-hydroxylation sites is 1. The molecule has 6 nitrogen and oxygen atoms in total. The number of nitrogens with one attached hydrogen (secondary N) is 2. The molecule has 24 heavy (non-hydrogen) atoms. The van der Waals surface area contributed by atoms with E-state index in [-0.39, 0.29) is 24.7 Å². The van der Waals surface area contributed by atoms with E-state index in [1.54, 1.807) is 22.8 Å². The lowest BCUT2D eigenvalue weighted by molar-refractivity contribution is -0.121. The maximum Gasteiger partial charge on any atom is 0.387 e. The van der Waals surface area contributed by atoms with Gasteiger partial charge in [-0.25, -0.2) is 0 Å². The number of aromatic nitrogens is 3. The molecule has 1 aromatic carbocycles. The van der Waals surface area contributed by atoms with E-state index in [4.69, 9.17) is 12.2 Å². The van der Waals surface area contributed by atoms with Gasteiger partial charge in [0, 0.05) is 18.5 Å². The zero-order chi connectivity index (χ0) is 17.5. The number of halogens is 2. The minimum atomic E-state index is -2.91. The van der Waals surface area contributed by atoms with Crippen molar-refractivity contribution in [1.29, 1.82) is 0 Å². The molecule has 1 aromatic heterocycles. The van der Waals surface area contributed by atoms with Gasteiger partial charge in [-0.15, -0.1) is 0 Å². The van der Waals surface area contributed by atoms with Gasteiger partial charge in [0.25, 0.3) is 0 Å². The van der Waals surface area contributed by atoms with Gasteiger partial charge in [-0.1, -0.05) is 25.1 Å². The van der Waals surface area contributed by atoms with Crippen molar-refractivity contribution in [3.05, 3.63) is 40.4 Å². The Balaban J connectivity index is 1.99. The number of hydrogen-bond acceptors (Lipinski definition) is 4. The lowest BCUT2D eigenvalue weighted by Crippen LogP contribution is -2.28. The van der Waals surface area contributed by atoms with Crippen molar-refractivity contribution >= 4 is 18.1 Å². The highest BCUT2D eigenvalue weighted by molar-refractivity contribution is 7.71. The molecular weight excluding hydrogens is 338 g/mol. The molecule has 0 fully saturated rings. The Morgan fingerprint density at radius 1 is 1.46 bits per heavy atom. The van der Waals surface area contributed by atoms with E-state index >= 15 is 0 Å². The molecule has 0 spiro atoms. The molecule has 1 amide bonds. The van der Waals surface area contributed by atoms with Crippen molar-refractivity contribution in [3.63, 3.8) is 0 Å². The van der Waals surface area contributed by atoms with Gasteiger partial charge in [0.15, 0.2) is 4.77 Å². The summed E-state index contributed by atoms with van der Waals surface area (Å²) in [4.78, 5) is 12.1. The third kappa shape index (κ3) is 4.85. The van der Waals surface area contributed by atoms with Crippen LogP contribution in [-0.2, 0) is 24.3 Å². The minimum Gasteiger partial charge on any atom is -0.434 e. The van der Waals surface area contributed by atoms with E-state index < -0.39 is 6.61 Å². The van der Waals surface area contributed by atoms with Crippen molar-refractivity contribution in [3.8, 4) is 5.75 Å². The highest BCUT2D eigenvalue weighted by Gasteiger charge is 2.12. The Labute approximate surface area is 142 Å². The van der Waals surface area contributed by atoms with Gasteiger partial charge in [-0.05, 0) is 24.7 Å². The molecule has 0 bridgehead atoms. The highest BCUT2D eigenvalue weighted by Crippen LogP contribution is 2.19. The average Bonchev–Trinajstić information content (AvgIpc) is 2.87. The Kier molecular flexibility index (Phi) is 6.42. The third-order valence-electron chi connectivity index (χ3n) is 3.28. The van der Waals surface area contributed by atoms with Crippen LogP contribution in [0.1, 0.15) is 24.7 Å². The number of alkyl halides is 2. The fraction of sp³-hybridized carbons (Fsp3) is 0.400. The molecule has 0 unspecified atom stereocenters. The molecule has 2 N–H and O–H groups in total. The van der Waals surface area contributed by atoms with Crippen LogP contribution >= 0.6 is 12.2 Å². The van der Waals surface area contributed by atoms with Crippen LogP contribution < -0.4 is 10.1 Å². The number of H-pyrrole nitrogens is 1. The summed E-state index contributed by atoms with van der Waals surface area (Å²) in [6, 6.07) is 6.32. The van der Waals surface area contributed by atoms with E-state index in [1.807, 2.05) is 6.92 Å². The molecule has 0 saturated carbocycles. The first-order chi connectivity index (χ1) is 11.5. The van der Waals surface area contributed by atoms with Crippen LogP contribution in [-0.4, -0.2) is 27.3 Å². The standard InChI is InChI=1S/C15H18F2N4O2S/c1-2-5-12-19-20-15(24)21(12)9-13(22)18-8-10-6-3-4-7-11(10)23-14(16)17/h3-4,6-7,14H,2,5,8-9H2,1H3,(H,18,22)(H,20,24). The Bertz CT molecular complexity index is 745. The molecule has 2 rings (SSSR count). The van der Waals surface area contributed by atoms with Crippen LogP contribution in [0.2, 0.25) is 0 Å². The Morgan fingerprint density at radius 2 is 2.21 bits per heavy atom. The summed E-state index contributed by atoms with van der Waals surface area (Å²) in [7, 11) is 0. The van der Waals surface area contributed by atoms with Gasteiger partial charge in [0.05, 0.1) is 0 Å². The quantitative estimate of drug-likeness (QED) is 0.714. The lowest BCUT2D eigenvalue weighted by atomic mass is 10.2. The Hall–Kier alpha value is -2.29. The molecule has 1 heterocycles. The average molecular weight is 356 g/mol. The molecule has 130 valence electrons. The smallest absolute Gasteiger partial charge is 0.387 e. The van der Waals surface area contributed by atoms with Crippen LogP contribution in [0.5, 0.6) is 5.75 Å². The summed E-state index contributed by atoms with van der Waals surface area (Å²) in [5, 5.41) is 9.43. The molecule has 0 atom stereocenters. The zero-order valence-electron chi connectivity index (χ0n) is 13.1. The number of aromatic amines is 1. The fourth-order valence-electron chi connectivity index (χ4n) is 2.18. The number of benzene rings is 1. The summed E-state index contributed by atoms with van der Waals surface area (Å²) in [5.74, 6) is 0.454. The van der Waals surface area contributed by atoms with Gasteiger partial charge in [-0.3, -0.25) is 14.5 Å². The van der Waals surface area contributed by atoms with Crippen LogP contribution in [0.3, 0.4) is 0 Å². The van der Waals surface area contributed by atoms with Crippen molar-refractivity contribution in [1.82, 2.24) is 20.1 Å². The highest BCUT2D eigenvalue weighted by atomic mass is 32.1. The normalized spacial score (nSPS) is 10.8. The van der Waals surface area contributed by atoms with Gasteiger partial charge in [0.2, 0.25) is 5.91 Å². The van der Waals surface area contributed by atoms with Crippen molar-refractivity contribution in [2.75, 3.05) is 0 Å². The SMILES string of the molecule is CCCc1n[nH]c(=S)n1CC(=O)NCc1ccccc1OC(F)F. The summed E-state index contributed by atoms with van der Waals surface area (Å²) < 4.78 is 31.2. The van der Waals surface area contributed by atoms with Crippen molar-refractivity contribution in [2.45, 2.75) is 39.5 Å². The van der Waals surface area contributed by atoms with E-state index in [0.717, 1.165) is 6.42 Å². The van der Waals surface area contributed by atoms with E-state index in [0.29, 0.717) is 22.6 Å². The Morgan fingerprint density at radius 3 is 2.92 bits per heavy atom. The lowest BCUT2D eigenvalue weighted by Gasteiger charge is -2.12. The van der Waals surface area contributed by atoms with Gasteiger partial charge in [0.1, 0.15) is 18.1 Å². The topological polar surface area (TPSA) is 71.9 Å². The molecule has 9 heteroatoms. The number of rotatable bonds is 8. The number of carbonyl (C=O) groups is 1. The first-order valence-electron chi connectivity index (χ1n) is 7.44. The second-order valence-electron chi connectivity index (χ2n) is 5.04. The van der Waals surface area contributed by atoms with E-state index in [9.17, 15) is 13.6 Å². The number of hydrogen-bond donors (Lipinski definition) is 2. The minimum absolute atomic E-state index is 0.0164. The number of aryl methyl sites for hydroxylation is 1. The van der Waals surface area contributed by atoms with Crippen LogP contribution in [0.15, 0.2) is 24.3 Å². The fourth-order valence-corrected chi connectivity index (χ4v) is 2.40. The summed E-state index contributed by atoms with van der Waals surface area (Å²) in [6.45, 7) is -0.816.